The molecule has 2 heterocycles. The van der Waals surface area contributed by atoms with Crippen molar-refractivity contribution in [1.82, 2.24) is 5.32 Å². The number of ether oxygens (including phenoxy) is 5. The van der Waals surface area contributed by atoms with Crippen molar-refractivity contribution >= 4 is 0 Å². The van der Waals surface area contributed by atoms with Crippen molar-refractivity contribution in [2.75, 3.05) is 39.5 Å². The Hall–Kier alpha value is -0.640. The van der Waals surface area contributed by atoms with Gasteiger partial charge in [-0.1, -0.05) is 0 Å². The molecule has 3 aliphatic rings. The minimum absolute atomic E-state index is 0.143. The third-order valence-electron chi connectivity index (χ3n) is 7.20. The van der Waals surface area contributed by atoms with Crippen molar-refractivity contribution in [2.45, 2.75) is 98.5 Å². The average molecular weight is 556 g/mol. The molecule has 16 heteroatoms. The highest BCUT2D eigenvalue weighted by Gasteiger charge is 2.52. The number of aliphatic hydroxyl groups excluding tert-OH is 6. The highest BCUT2D eigenvalue weighted by atomic mass is 16.7. The van der Waals surface area contributed by atoms with E-state index in [4.69, 9.17) is 46.6 Å². The van der Waals surface area contributed by atoms with Crippen molar-refractivity contribution in [1.29, 1.82) is 0 Å². The van der Waals surface area contributed by atoms with Gasteiger partial charge in [0.15, 0.2) is 12.6 Å². The zero-order valence-corrected chi connectivity index (χ0v) is 21.3. The van der Waals surface area contributed by atoms with E-state index in [0.29, 0.717) is 19.6 Å². The van der Waals surface area contributed by atoms with Gasteiger partial charge in [-0.25, -0.2) is 0 Å². The van der Waals surface area contributed by atoms with Crippen molar-refractivity contribution in [3.63, 3.8) is 0 Å². The van der Waals surface area contributed by atoms with E-state index in [0.717, 1.165) is 6.42 Å². The van der Waals surface area contributed by atoms with E-state index in [1.165, 1.54) is 0 Å². The highest BCUT2D eigenvalue weighted by molar-refractivity contribution is 5.01. The number of nitrogens with two attached hydrogens (primary N) is 4. The largest absolute Gasteiger partial charge is 0.394 e. The fourth-order valence-electron chi connectivity index (χ4n) is 4.90. The Balaban J connectivity index is 1.73. The van der Waals surface area contributed by atoms with Crippen LogP contribution < -0.4 is 28.3 Å². The van der Waals surface area contributed by atoms with Gasteiger partial charge >= 0.3 is 0 Å². The topological polar surface area (TPSA) is 284 Å². The van der Waals surface area contributed by atoms with Crippen LogP contribution in [0, 0.1) is 0 Å². The smallest absolute Gasteiger partial charge is 0.187 e. The lowest BCUT2D eigenvalue weighted by Crippen LogP contribution is -2.68. The maximum Gasteiger partial charge on any atom is 0.187 e. The monoisotopic (exact) mass is 555 g/mol. The van der Waals surface area contributed by atoms with Crippen LogP contribution in [0.5, 0.6) is 0 Å². The molecule has 14 atom stereocenters. The summed E-state index contributed by atoms with van der Waals surface area (Å²) in [7, 11) is 0. The summed E-state index contributed by atoms with van der Waals surface area (Å²) in [6, 6.07) is -2.78. The maximum absolute atomic E-state index is 10.9. The zero-order chi connectivity index (χ0) is 28.0. The number of nitrogens with one attached hydrogen (secondary N) is 1. The lowest BCUT2D eigenvalue weighted by molar-refractivity contribution is -0.311. The van der Waals surface area contributed by atoms with Crippen LogP contribution in [0.2, 0.25) is 0 Å². The molecule has 1 aliphatic carbocycles. The molecule has 0 bridgehead atoms. The Labute approximate surface area is 221 Å². The number of hydrogen-bond donors (Lipinski definition) is 11. The van der Waals surface area contributed by atoms with E-state index in [9.17, 15) is 30.6 Å². The lowest BCUT2D eigenvalue weighted by Gasteiger charge is -2.47. The van der Waals surface area contributed by atoms with Gasteiger partial charge in [0.2, 0.25) is 0 Å². The summed E-state index contributed by atoms with van der Waals surface area (Å²) in [6.07, 6.45) is -12.5. The van der Waals surface area contributed by atoms with Crippen molar-refractivity contribution in [2.24, 2.45) is 22.9 Å². The second kappa shape index (κ2) is 14.8. The van der Waals surface area contributed by atoms with E-state index < -0.39 is 98.9 Å². The molecule has 2 aliphatic heterocycles. The van der Waals surface area contributed by atoms with E-state index in [1.807, 2.05) is 0 Å². The Bertz CT molecular complexity index is 700. The first-order chi connectivity index (χ1) is 18.1. The molecule has 0 aromatic carbocycles. The predicted molar refractivity (Wildman–Crippen MR) is 130 cm³/mol. The molecule has 0 spiro atoms. The maximum atomic E-state index is 10.9. The van der Waals surface area contributed by atoms with Gasteiger partial charge in [0.05, 0.1) is 32.0 Å². The molecule has 16 nitrogen and oxygen atoms in total. The van der Waals surface area contributed by atoms with Crippen molar-refractivity contribution in [3.05, 3.63) is 0 Å². The van der Waals surface area contributed by atoms with E-state index in [1.54, 1.807) is 0 Å². The Morgan fingerprint density at radius 3 is 2.03 bits per heavy atom. The molecule has 38 heavy (non-hydrogen) atoms. The molecule has 0 radical (unpaired) electrons. The number of aliphatic hydroxyl groups is 6. The molecule has 1 saturated carbocycles. The van der Waals surface area contributed by atoms with Crippen LogP contribution >= 0.6 is 0 Å². The number of rotatable bonds is 13. The molecule has 3 fully saturated rings. The Morgan fingerprint density at radius 2 is 1.37 bits per heavy atom. The predicted octanol–water partition coefficient (Wildman–Crippen LogP) is -6.66. The SMILES string of the molecule is NCCCNCCO[C@H]1[C@H](O[C@@H]2[C@@H](O)[C@H](N)C[C@H](N)[C@H]2O[C@H]2O[C@H](CO)[C@@H](O)[C@H](O)[C@H]2N)O[C@H](CO)[C@H]1O. The van der Waals surface area contributed by atoms with Gasteiger partial charge < -0.3 is 82.6 Å². The molecule has 2 saturated heterocycles. The van der Waals surface area contributed by atoms with Gasteiger partial charge in [0, 0.05) is 18.6 Å². The van der Waals surface area contributed by atoms with Crippen molar-refractivity contribution < 1.29 is 54.3 Å². The highest BCUT2D eigenvalue weighted by Crippen LogP contribution is 2.33. The molecule has 0 aromatic heterocycles. The van der Waals surface area contributed by atoms with Gasteiger partial charge in [0.1, 0.15) is 48.8 Å². The normalized spacial score (nSPS) is 45.9. The fraction of sp³-hybridized carbons (Fsp3) is 1.00. The second-order valence-corrected chi connectivity index (χ2v) is 9.98. The van der Waals surface area contributed by atoms with Gasteiger partial charge in [-0.05, 0) is 25.9 Å². The summed E-state index contributed by atoms with van der Waals surface area (Å²) in [6.45, 7) is 0.782. The van der Waals surface area contributed by atoms with Crippen LogP contribution in [-0.2, 0) is 23.7 Å². The van der Waals surface area contributed by atoms with Gasteiger partial charge in [-0.15, -0.1) is 0 Å². The molecule has 0 amide bonds. The summed E-state index contributed by atoms with van der Waals surface area (Å²) >= 11 is 0. The first-order valence-corrected chi connectivity index (χ1v) is 13.0. The zero-order valence-electron chi connectivity index (χ0n) is 21.3. The Morgan fingerprint density at radius 1 is 0.737 bits per heavy atom. The van der Waals surface area contributed by atoms with Crippen LogP contribution in [0.15, 0.2) is 0 Å². The van der Waals surface area contributed by atoms with E-state index >= 15 is 0 Å². The third-order valence-corrected chi connectivity index (χ3v) is 7.20. The molecule has 3 rings (SSSR count). The summed E-state index contributed by atoms with van der Waals surface area (Å²) in [4.78, 5) is 0. The summed E-state index contributed by atoms with van der Waals surface area (Å²) in [5.41, 5.74) is 23.9. The van der Waals surface area contributed by atoms with E-state index in [2.05, 4.69) is 5.32 Å². The van der Waals surface area contributed by atoms with E-state index in [-0.39, 0.29) is 13.0 Å². The van der Waals surface area contributed by atoms with Gasteiger partial charge in [0.25, 0.3) is 0 Å². The minimum atomic E-state index is -1.47. The first-order valence-electron chi connectivity index (χ1n) is 13.0. The second-order valence-electron chi connectivity index (χ2n) is 9.98. The molecule has 15 N–H and O–H groups in total. The fourth-order valence-corrected chi connectivity index (χ4v) is 4.90. The van der Waals surface area contributed by atoms with Crippen LogP contribution in [0.1, 0.15) is 12.8 Å². The molecular weight excluding hydrogens is 510 g/mol. The van der Waals surface area contributed by atoms with Crippen LogP contribution in [-0.4, -0.2) is 156 Å². The van der Waals surface area contributed by atoms with Gasteiger partial charge in [-0.2, -0.15) is 0 Å². The Kier molecular flexibility index (Phi) is 12.4. The number of hydrogen-bond acceptors (Lipinski definition) is 16. The minimum Gasteiger partial charge on any atom is -0.394 e. The summed E-state index contributed by atoms with van der Waals surface area (Å²) < 4.78 is 29.1. The van der Waals surface area contributed by atoms with Crippen molar-refractivity contribution in [3.8, 4) is 0 Å². The summed E-state index contributed by atoms with van der Waals surface area (Å²) in [5, 5.41) is 64.3. The average Bonchev–Trinajstić information content (AvgIpc) is 3.20. The first kappa shape index (κ1) is 31.9. The lowest BCUT2D eigenvalue weighted by atomic mass is 9.84. The van der Waals surface area contributed by atoms with Crippen LogP contribution in [0.25, 0.3) is 0 Å². The molecule has 0 unspecified atom stereocenters. The molecular formula is C22H45N5O11. The standard InChI is InChI=1S/C22H45N5O11/c23-2-1-3-27-4-5-34-20-16(32)12(8-29)36-22(20)38-19-14(30)9(24)6-10(25)18(19)37-21-13(26)17(33)15(31)11(7-28)35-21/h9-22,27-33H,1-8,23-26H2/t9-,10+,11-,12-,13-,14+,15-,16-,17-,18-,19-,20-,21-,22+/m1/s1. The third kappa shape index (κ3) is 7.35. The van der Waals surface area contributed by atoms with Gasteiger partial charge in [-0.3, -0.25) is 0 Å². The summed E-state index contributed by atoms with van der Waals surface area (Å²) in [5.74, 6) is 0. The van der Waals surface area contributed by atoms with Crippen LogP contribution in [0.4, 0.5) is 0 Å². The molecule has 224 valence electrons. The quantitative estimate of drug-likeness (QED) is 0.0941. The molecule has 0 aromatic rings. The van der Waals surface area contributed by atoms with Crippen LogP contribution in [0.3, 0.4) is 0 Å².